The number of thiazole rings is 1. The van der Waals surface area contributed by atoms with Crippen molar-refractivity contribution in [3.05, 3.63) is 111 Å². The lowest BCUT2D eigenvalue weighted by Gasteiger charge is -2.26. The van der Waals surface area contributed by atoms with E-state index < -0.39 is 29.8 Å². The summed E-state index contributed by atoms with van der Waals surface area (Å²) >= 11 is 1.52. The molecule has 2 amide bonds. The Labute approximate surface area is 281 Å². The van der Waals surface area contributed by atoms with Crippen LogP contribution in [-0.4, -0.2) is 71.1 Å². The number of aliphatic hydroxyl groups excluding tert-OH is 1. The number of amides is 2. The Morgan fingerprint density at radius 1 is 1.06 bits per heavy atom. The van der Waals surface area contributed by atoms with Gasteiger partial charge in [-0.3, -0.25) is 9.59 Å². The van der Waals surface area contributed by atoms with E-state index in [4.69, 9.17) is 0 Å². The summed E-state index contributed by atoms with van der Waals surface area (Å²) in [6.07, 6.45) is -3.64. The second kappa shape index (κ2) is 15.3. The Morgan fingerprint density at radius 2 is 1.81 bits per heavy atom. The Kier molecular flexibility index (Phi) is 11.1. The Hall–Kier alpha value is -4.33. The minimum atomic E-state index is -4.46. The maximum Gasteiger partial charge on any atom is 0.416 e. The number of pyridine rings is 1. The molecule has 254 valence electrons. The van der Waals surface area contributed by atoms with Crippen LogP contribution in [0.25, 0.3) is 0 Å². The van der Waals surface area contributed by atoms with Crippen LogP contribution in [0.1, 0.15) is 67.1 Å². The largest absolute Gasteiger partial charge is 0.416 e. The van der Waals surface area contributed by atoms with Gasteiger partial charge in [0.25, 0.3) is 11.8 Å². The van der Waals surface area contributed by atoms with E-state index in [9.17, 15) is 27.9 Å². The van der Waals surface area contributed by atoms with Gasteiger partial charge in [0.2, 0.25) is 0 Å². The summed E-state index contributed by atoms with van der Waals surface area (Å²) < 4.78 is 39.5. The fourth-order valence-electron chi connectivity index (χ4n) is 5.69. The zero-order valence-electron chi connectivity index (χ0n) is 27.0. The highest BCUT2D eigenvalue weighted by Gasteiger charge is 2.34. The standard InChI is InChI=1S/C35H39F3N6O3S/c1-22-21-48-33(40-22)29-13-8-14-44(29)34(47)28-17-25(18-31(41-28)43(2)3)32(46)42-27(16-23-9-5-4-6-10-23)30(45)20-39-19-24-11-7-12-26(15-24)35(36,37)38/h4-7,9-12,15,17-18,21,27,29-30,39,45H,8,13-14,16,19-20H2,1-3H3,(H,42,46). The van der Waals surface area contributed by atoms with E-state index >= 15 is 0 Å². The number of anilines is 1. The highest BCUT2D eigenvalue weighted by atomic mass is 32.1. The molecule has 5 rings (SSSR count). The van der Waals surface area contributed by atoms with E-state index in [1.165, 1.54) is 23.5 Å². The molecule has 1 aliphatic rings. The molecule has 2 aromatic carbocycles. The van der Waals surface area contributed by atoms with Crippen molar-refractivity contribution in [2.75, 3.05) is 32.1 Å². The Bertz CT molecular complexity index is 1720. The first-order valence-electron chi connectivity index (χ1n) is 15.7. The number of aromatic nitrogens is 2. The third-order valence-corrected chi connectivity index (χ3v) is 9.27. The molecule has 48 heavy (non-hydrogen) atoms. The topological polar surface area (TPSA) is 111 Å². The molecule has 2 aromatic heterocycles. The molecule has 0 radical (unpaired) electrons. The zero-order chi connectivity index (χ0) is 34.4. The average molecular weight is 681 g/mol. The molecular formula is C35H39F3N6O3S. The Balaban J connectivity index is 1.34. The van der Waals surface area contributed by atoms with Crippen LogP contribution in [0.15, 0.2) is 72.1 Å². The van der Waals surface area contributed by atoms with Crippen LogP contribution in [0, 0.1) is 6.92 Å². The highest BCUT2D eigenvalue weighted by Crippen LogP contribution is 2.35. The molecule has 1 fully saturated rings. The fraction of sp³-hybridized carbons (Fsp3) is 0.371. The first kappa shape index (κ1) is 35.0. The third-order valence-electron chi connectivity index (χ3n) is 8.20. The quantitative estimate of drug-likeness (QED) is 0.184. The van der Waals surface area contributed by atoms with Crippen LogP contribution in [0.2, 0.25) is 0 Å². The van der Waals surface area contributed by atoms with Crippen molar-refractivity contribution in [2.24, 2.45) is 0 Å². The molecule has 0 spiro atoms. The van der Waals surface area contributed by atoms with Crippen molar-refractivity contribution in [3.63, 3.8) is 0 Å². The number of nitrogens with zero attached hydrogens (tertiary/aromatic N) is 4. The van der Waals surface area contributed by atoms with Crippen LogP contribution in [0.4, 0.5) is 19.0 Å². The van der Waals surface area contributed by atoms with Crippen LogP contribution >= 0.6 is 11.3 Å². The normalized spacial score (nSPS) is 16.1. The van der Waals surface area contributed by atoms with Crippen LogP contribution in [0.3, 0.4) is 0 Å². The summed E-state index contributed by atoms with van der Waals surface area (Å²) in [4.78, 5) is 40.3. The van der Waals surface area contributed by atoms with Gasteiger partial charge < -0.3 is 25.5 Å². The number of alkyl halides is 3. The number of halogens is 3. The molecule has 1 saturated heterocycles. The molecule has 3 atom stereocenters. The van der Waals surface area contributed by atoms with Gasteiger partial charge in [-0.15, -0.1) is 11.3 Å². The van der Waals surface area contributed by atoms with Gasteiger partial charge in [0.05, 0.1) is 23.8 Å². The van der Waals surface area contributed by atoms with E-state index in [1.807, 2.05) is 42.6 Å². The summed E-state index contributed by atoms with van der Waals surface area (Å²) in [5.41, 5.74) is 1.78. The van der Waals surface area contributed by atoms with Gasteiger partial charge >= 0.3 is 6.18 Å². The second-order valence-electron chi connectivity index (χ2n) is 12.1. The van der Waals surface area contributed by atoms with E-state index in [0.29, 0.717) is 24.3 Å². The number of rotatable bonds is 12. The second-order valence-corrected chi connectivity index (χ2v) is 13.0. The van der Waals surface area contributed by atoms with Gasteiger partial charge in [-0.05, 0) is 55.5 Å². The predicted molar refractivity (Wildman–Crippen MR) is 179 cm³/mol. The summed E-state index contributed by atoms with van der Waals surface area (Å²) in [6, 6.07) is 16.5. The number of likely N-dealkylation sites (tertiary alicyclic amines) is 1. The fourth-order valence-corrected chi connectivity index (χ4v) is 6.63. The van der Waals surface area contributed by atoms with E-state index in [2.05, 4.69) is 20.6 Å². The predicted octanol–water partition coefficient (Wildman–Crippen LogP) is 5.40. The van der Waals surface area contributed by atoms with Crippen molar-refractivity contribution < 1.29 is 27.9 Å². The molecule has 4 aromatic rings. The van der Waals surface area contributed by atoms with Gasteiger partial charge in [-0.1, -0.05) is 48.5 Å². The number of benzene rings is 2. The van der Waals surface area contributed by atoms with Crippen LogP contribution in [0.5, 0.6) is 0 Å². The summed E-state index contributed by atoms with van der Waals surface area (Å²) in [6.45, 7) is 2.57. The van der Waals surface area contributed by atoms with Crippen molar-refractivity contribution in [2.45, 2.75) is 57.1 Å². The van der Waals surface area contributed by atoms with E-state index in [1.54, 1.807) is 36.0 Å². The number of hydrogen-bond donors (Lipinski definition) is 3. The molecule has 0 aliphatic carbocycles. The number of aliphatic hydroxyl groups is 1. The molecule has 9 nitrogen and oxygen atoms in total. The Morgan fingerprint density at radius 3 is 2.50 bits per heavy atom. The number of carbonyl (C=O) groups is 2. The van der Waals surface area contributed by atoms with Gasteiger partial charge in [-0.2, -0.15) is 13.2 Å². The van der Waals surface area contributed by atoms with Crippen molar-refractivity contribution >= 4 is 29.0 Å². The number of hydrogen-bond acceptors (Lipinski definition) is 8. The third kappa shape index (κ3) is 8.77. The molecule has 1 aliphatic heterocycles. The lowest BCUT2D eigenvalue weighted by Crippen LogP contribution is -2.48. The molecule has 3 heterocycles. The first-order chi connectivity index (χ1) is 22.9. The summed E-state index contributed by atoms with van der Waals surface area (Å²) in [5, 5.41) is 20.0. The van der Waals surface area contributed by atoms with Crippen LogP contribution in [-0.2, 0) is 19.1 Å². The van der Waals surface area contributed by atoms with Crippen LogP contribution < -0.4 is 15.5 Å². The lowest BCUT2D eigenvalue weighted by molar-refractivity contribution is -0.137. The minimum Gasteiger partial charge on any atom is -0.390 e. The van der Waals surface area contributed by atoms with Gasteiger partial charge in [0, 0.05) is 50.4 Å². The number of nitrogens with one attached hydrogen (secondary N) is 2. The lowest BCUT2D eigenvalue weighted by atomic mass is 10.00. The van der Waals surface area contributed by atoms with Crippen molar-refractivity contribution in [3.8, 4) is 0 Å². The first-order valence-corrected chi connectivity index (χ1v) is 16.6. The molecular weight excluding hydrogens is 641 g/mol. The highest BCUT2D eigenvalue weighted by molar-refractivity contribution is 7.09. The van der Waals surface area contributed by atoms with E-state index in [-0.39, 0.29) is 36.3 Å². The molecule has 3 unspecified atom stereocenters. The SMILES string of the molecule is Cc1csc(C2CCCN2C(=O)c2cc(C(=O)NC(Cc3ccccc3)C(O)CNCc3cccc(C(F)(F)F)c3)cc(N(C)C)n2)n1. The summed E-state index contributed by atoms with van der Waals surface area (Å²) in [5.74, 6) is -0.363. The van der Waals surface area contributed by atoms with Crippen molar-refractivity contribution in [1.29, 1.82) is 0 Å². The molecule has 3 N–H and O–H groups in total. The minimum absolute atomic E-state index is 0.00360. The summed E-state index contributed by atoms with van der Waals surface area (Å²) in [7, 11) is 3.54. The smallest absolute Gasteiger partial charge is 0.390 e. The molecule has 13 heteroatoms. The van der Waals surface area contributed by atoms with Gasteiger partial charge in [0.15, 0.2) is 0 Å². The maximum absolute atomic E-state index is 13.8. The van der Waals surface area contributed by atoms with E-state index in [0.717, 1.165) is 41.2 Å². The molecule has 0 bridgehead atoms. The zero-order valence-corrected chi connectivity index (χ0v) is 27.8. The number of aryl methyl sites for hydroxylation is 1. The van der Waals surface area contributed by atoms with Crippen molar-refractivity contribution in [1.82, 2.24) is 25.5 Å². The monoisotopic (exact) mass is 680 g/mol. The number of carbonyl (C=O) groups excluding carboxylic acids is 2. The van der Waals surface area contributed by atoms with Gasteiger partial charge in [0.1, 0.15) is 16.5 Å². The molecule has 0 saturated carbocycles. The van der Waals surface area contributed by atoms with Gasteiger partial charge in [-0.25, -0.2) is 9.97 Å². The average Bonchev–Trinajstić information content (AvgIpc) is 3.73. The maximum atomic E-state index is 13.8.